The van der Waals surface area contributed by atoms with Crippen molar-refractivity contribution < 1.29 is 43.2 Å². The maximum atomic E-state index is 15.1. The molecule has 9 heteroatoms. The number of rotatable bonds is 9. The van der Waals surface area contributed by atoms with E-state index in [1.807, 2.05) is 66.7 Å². The number of allylic oxidation sites excluding steroid dienone is 5. The maximum Gasteiger partial charge on any atom is 0.330 e. The summed E-state index contributed by atoms with van der Waals surface area (Å²) in [5, 5.41) is 9.70. The van der Waals surface area contributed by atoms with Crippen molar-refractivity contribution in [2.24, 2.45) is 11.8 Å². The molecule has 49 heavy (non-hydrogen) atoms. The number of ketones is 2. The zero-order valence-corrected chi connectivity index (χ0v) is 29.9. The van der Waals surface area contributed by atoms with Crippen LogP contribution in [0.25, 0.3) is 6.08 Å². The van der Waals surface area contributed by atoms with Crippen molar-refractivity contribution in [3.63, 3.8) is 0 Å². The van der Waals surface area contributed by atoms with Gasteiger partial charge in [-0.15, -0.1) is 0 Å². The van der Waals surface area contributed by atoms with Crippen LogP contribution in [-0.4, -0.2) is 51.0 Å². The van der Waals surface area contributed by atoms with Crippen LogP contribution in [0.4, 0.5) is 0 Å². The molecule has 5 atom stereocenters. The van der Waals surface area contributed by atoms with Gasteiger partial charge in [-0.25, -0.2) is 4.79 Å². The average Bonchev–Trinajstić information content (AvgIpc) is 3.15. The van der Waals surface area contributed by atoms with Gasteiger partial charge in [-0.2, -0.15) is 0 Å². The van der Waals surface area contributed by atoms with Gasteiger partial charge in [-0.05, 0) is 93.2 Å². The van der Waals surface area contributed by atoms with Gasteiger partial charge in [0.2, 0.25) is 0 Å². The number of fused-ring (bicyclic) bond motifs is 2. The normalized spacial score (nSPS) is 29.9. The van der Waals surface area contributed by atoms with Gasteiger partial charge in [0.15, 0.2) is 28.5 Å². The molecule has 3 aliphatic carbocycles. The molecule has 260 valence electrons. The van der Waals surface area contributed by atoms with Crippen LogP contribution in [0.1, 0.15) is 109 Å². The minimum atomic E-state index is -1.66. The van der Waals surface area contributed by atoms with E-state index in [0.717, 1.165) is 12.0 Å². The summed E-state index contributed by atoms with van der Waals surface area (Å²) in [6.07, 6.45) is 13.3. The third-order valence-corrected chi connectivity index (χ3v) is 10.7. The van der Waals surface area contributed by atoms with Crippen LogP contribution in [0.3, 0.4) is 0 Å². The molecule has 3 aliphatic heterocycles. The number of benzene rings is 1. The van der Waals surface area contributed by atoms with Gasteiger partial charge in [-0.1, -0.05) is 35.5 Å². The van der Waals surface area contributed by atoms with Gasteiger partial charge >= 0.3 is 11.9 Å². The minimum absolute atomic E-state index is 0.0535. The summed E-state index contributed by atoms with van der Waals surface area (Å²) >= 11 is 0. The lowest BCUT2D eigenvalue weighted by Gasteiger charge is -2.56. The summed E-state index contributed by atoms with van der Waals surface area (Å²) in [5.41, 5.74) is -1.08. The number of carboxylic acid groups (broad SMARTS) is 1. The van der Waals surface area contributed by atoms with Crippen LogP contribution in [0, 0.1) is 11.8 Å². The Morgan fingerprint density at radius 3 is 2.31 bits per heavy atom. The standard InChI is InChI=1S/C40H46O9/c1-21(2)11-10-16-38(9)17-15-27-32(47-38)26(13-12-22(3)4)34-30(33(27)46-24(6)41)31(42)28-19-25-20-29-37(7,8)49-39(35(25)43,40(28,29)48-34)18-14-23(5)36(44)45/h11-12,14-15,17,19,25,29H,10,13,16,18,20H2,1-9H3,(H,44,45)/b23-14-/t25-,29?,38?,39?,40-/m1/s1. The van der Waals surface area contributed by atoms with Crippen molar-refractivity contribution in [1.29, 1.82) is 0 Å². The van der Waals surface area contributed by atoms with Crippen LogP contribution >= 0.6 is 0 Å². The van der Waals surface area contributed by atoms with Gasteiger partial charge in [0.25, 0.3) is 0 Å². The Labute approximate surface area is 287 Å². The van der Waals surface area contributed by atoms with Crippen LogP contribution in [-0.2, 0) is 25.5 Å². The van der Waals surface area contributed by atoms with E-state index in [9.17, 15) is 19.5 Å². The quantitative estimate of drug-likeness (QED) is 0.123. The molecule has 3 unspecified atom stereocenters. The molecule has 1 aromatic rings. The maximum absolute atomic E-state index is 15.1. The smallest absolute Gasteiger partial charge is 0.330 e. The number of aliphatic carboxylic acids is 1. The van der Waals surface area contributed by atoms with E-state index in [1.165, 1.54) is 25.5 Å². The molecule has 6 aliphatic rings. The van der Waals surface area contributed by atoms with Crippen LogP contribution in [0.5, 0.6) is 17.2 Å². The van der Waals surface area contributed by atoms with Crippen molar-refractivity contribution in [2.75, 3.05) is 0 Å². The minimum Gasteiger partial charge on any atom is -0.482 e. The second-order valence-electron chi connectivity index (χ2n) is 15.3. The fraction of sp³-hybridized carbons (Fsp3) is 0.500. The van der Waals surface area contributed by atoms with Gasteiger partial charge in [0, 0.05) is 41.9 Å². The lowest BCUT2D eigenvalue weighted by Crippen LogP contribution is -2.72. The summed E-state index contributed by atoms with van der Waals surface area (Å²) in [7, 11) is 0. The van der Waals surface area contributed by atoms with Crippen molar-refractivity contribution in [2.45, 2.75) is 117 Å². The number of hydrogen-bond acceptors (Lipinski definition) is 8. The number of hydrogen-bond donors (Lipinski definition) is 1. The average molecular weight is 671 g/mol. The first-order valence-corrected chi connectivity index (χ1v) is 17.0. The molecule has 1 saturated carbocycles. The highest BCUT2D eigenvalue weighted by Gasteiger charge is 2.81. The lowest BCUT2D eigenvalue weighted by molar-refractivity contribution is -0.171. The summed E-state index contributed by atoms with van der Waals surface area (Å²) < 4.78 is 26.7. The van der Waals surface area contributed by atoms with Crippen LogP contribution in [0.2, 0.25) is 0 Å². The second-order valence-corrected chi connectivity index (χ2v) is 15.3. The fourth-order valence-electron chi connectivity index (χ4n) is 8.41. The number of carboxylic acids is 1. The van der Waals surface area contributed by atoms with Gasteiger partial charge in [0.05, 0.1) is 11.2 Å². The van der Waals surface area contributed by atoms with Crippen molar-refractivity contribution >= 4 is 29.6 Å². The van der Waals surface area contributed by atoms with E-state index in [4.69, 9.17) is 18.9 Å². The predicted octanol–water partition coefficient (Wildman–Crippen LogP) is 7.46. The molecule has 3 heterocycles. The highest BCUT2D eigenvalue weighted by molar-refractivity contribution is 6.19. The number of ether oxygens (including phenoxy) is 4. The van der Waals surface area contributed by atoms with E-state index < -0.39 is 52.0 Å². The number of Topliss-reactive ketones (excluding diaryl/α,β-unsaturated/α-hetero) is 2. The topological polar surface area (TPSA) is 125 Å². The molecule has 0 aromatic heterocycles. The first kappa shape index (κ1) is 34.6. The first-order chi connectivity index (χ1) is 22.9. The van der Waals surface area contributed by atoms with E-state index in [2.05, 4.69) is 6.08 Å². The number of carbonyl (C=O) groups excluding carboxylic acids is 3. The molecule has 7 rings (SSSR count). The Bertz CT molecular complexity index is 1840. The van der Waals surface area contributed by atoms with E-state index in [1.54, 1.807) is 6.08 Å². The highest BCUT2D eigenvalue weighted by atomic mass is 16.6. The molecule has 1 saturated heterocycles. The van der Waals surface area contributed by atoms with Gasteiger partial charge in [-0.3, -0.25) is 14.4 Å². The van der Waals surface area contributed by atoms with Gasteiger partial charge in [0.1, 0.15) is 22.7 Å². The van der Waals surface area contributed by atoms with E-state index in [-0.39, 0.29) is 40.4 Å². The number of esters is 1. The molecular weight excluding hydrogens is 624 g/mol. The molecule has 1 aromatic carbocycles. The molecule has 4 bridgehead atoms. The van der Waals surface area contributed by atoms with Crippen LogP contribution in [0.15, 0.2) is 52.7 Å². The second kappa shape index (κ2) is 11.7. The Morgan fingerprint density at radius 1 is 0.980 bits per heavy atom. The summed E-state index contributed by atoms with van der Waals surface area (Å²) in [6, 6.07) is 0. The molecule has 2 fully saturated rings. The summed E-state index contributed by atoms with van der Waals surface area (Å²) in [6.45, 7) is 16.6. The molecule has 0 radical (unpaired) electrons. The first-order valence-electron chi connectivity index (χ1n) is 17.0. The summed E-state index contributed by atoms with van der Waals surface area (Å²) in [4.78, 5) is 54.0. The molecule has 1 spiro atoms. The predicted molar refractivity (Wildman–Crippen MR) is 184 cm³/mol. The Morgan fingerprint density at radius 2 is 1.67 bits per heavy atom. The van der Waals surface area contributed by atoms with Gasteiger partial charge < -0.3 is 24.1 Å². The third kappa shape index (κ3) is 5.23. The Kier molecular flexibility index (Phi) is 8.25. The molecule has 9 nitrogen and oxygen atoms in total. The molecular formula is C40H46O9. The van der Waals surface area contributed by atoms with Crippen molar-refractivity contribution in [3.05, 3.63) is 69.4 Å². The Balaban J connectivity index is 1.64. The zero-order valence-electron chi connectivity index (χ0n) is 29.9. The zero-order chi connectivity index (χ0) is 35.8. The highest BCUT2D eigenvalue weighted by Crippen LogP contribution is 2.68. The van der Waals surface area contributed by atoms with E-state index in [0.29, 0.717) is 36.1 Å². The lowest BCUT2D eigenvalue weighted by atomic mass is 9.51. The third-order valence-electron chi connectivity index (χ3n) is 10.7. The van der Waals surface area contributed by atoms with E-state index >= 15 is 4.79 Å². The SMILES string of the molecule is CC(=O)Oc1c2c(c(CC=C(C)C)c3c1C(=O)C1=C[C@@H]4CC5C(C)(C)OC(C/C=C(/C)C(=O)O)(C4=O)[C@@]15O3)OC(C)(CCC=C(C)C)C=C2. The fourth-order valence-corrected chi connectivity index (χ4v) is 8.41. The molecule has 1 N–H and O–H groups in total. The number of carbonyl (C=O) groups is 4. The van der Waals surface area contributed by atoms with Crippen molar-refractivity contribution in [3.8, 4) is 17.2 Å². The summed E-state index contributed by atoms with van der Waals surface area (Å²) in [5.74, 6) is -2.71. The monoisotopic (exact) mass is 670 g/mol. The molecule has 0 amide bonds. The van der Waals surface area contributed by atoms with Crippen LogP contribution < -0.4 is 14.2 Å². The largest absolute Gasteiger partial charge is 0.482 e. The van der Waals surface area contributed by atoms with Crippen molar-refractivity contribution in [1.82, 2.24) is 0 Å². The Hall–Kier alpha value is -4.24.